The van der Waals surface area contributed by atoms with Crippen molar-refractivity contribution in [3.05, 3.63) is 154 Å². The molecule has 0 aliphatic carbocycles. The smallest absolute Gasteiger partial charge is 0.397 e. The van der Waals surface area contributed by atoms with Crippen molar-refractivity contribution in [3.63, 3.8) is 0 Å². The Morgan fingerprint density at radius 1 is 0.593 bits per heavy atom. The van der Waals surface area contributed by atoms with Gasteiger partial charge in [0.15, 0.2) is 0 Å². The van der Waals surface area contributed by atoms with Gasteiger partial charge in [-0.2, -0.15) is 0 Å². The third-order valence-electron chi connectivity index (χ3n) is 8.35. The summed E-state index contributed by atoms with van der Waals surface area (Å²) >= 11 is 42.0. The van der Waals surface area contributed by atoms with E-state index in [-0.39, 0.29) is 116 Å². The molecule has 0 unspecified atom stereocenters. The first-order valence-corrected chi connectivity index (χ1v) is 28.2. The van der Waals surface area contributed by atoms with Crippen LogP contribution in [0.1, 0.15) is 8.85 Å². The SMILES string of the molecule is C.C1COCCN1.Cl.Nc1cnc(N2CCOCC2)c(Cl)c1.O=P(Cl)(Cl)Cl.O=[N+]([O-])c1cnc(Cl)c(Cl)c1.O=[N+]([O-])c1cnc(N2CCOCC2)c(Cl)c1.O=c1[nH]cc([N+](=O)[O-])cc1Cl.O=c1ccc([N+](=O)[O-])c[nH]1.[HH].[K+].[O-][Cl+3]([O-])([O-])[O-]. The second-order valence-corrected chi connectivity index (χ2v) is 23.2. The molecule has 0 aromatic carbocycles. The summed E-state index contributed by atoms with van der Waals surface area (Å²) in [6, 6.07) is 7.45. The number of aromatic amines is 2. The van der Waals surface area contributed by atoms with E-state index >= 15 is 0 Å². The van der Waals surface area contributed by atoms with Crippen LogP contribution in [0.5, 0.6) is 0 Å². The molecule has 448 valence electrons. The summed E-state index contributed by atoms with van der Waals surface area (Å²) in [5.74, 6) is 1.37. The van der Waals surface area contributed by atoms with Gasteiger partial charge in [0.05, 0.1) is 98.7 Å². The molecule has 3 fully saturated rings. The first kappa shape index (κ1) is 82.0. The molecule has 0 atom stereocenters. The van der Waals surface area contributed by atoms with Gasteiger partial charge in [-0.1, -0.05) is 65.4 Å². The van der Waals surface area contributed by atoms with Crippen LogP contribution in [-0.4, -0.2) is 124 Å². The molecule has 0 radical (unpaired) electrons. The minimum Gasteiger partial charge on any atom is -0.397 e. The number of H-pyrrole nitrogens is 2. The van der Waals surface area contributed by atoms with Gasteiger partial charge in [-0.3, -0.25) is 54.6 Å². The van der Waals surface area contributed by atoms with E-state index < -0.39 is 40.7 Å². The molecule has 0 saturated carbocycles. The zero-order valence-electron chi connectivity index (χ0n) is 40.5. The third kappa shape index (κ3) is 39.1. The molecule has 0 amide bonds. The summed E-state index contributed by atoms with van der Waals surface area (Å²) in [5, 5.41) is 41.5. The van der Waals surface area contributed by atoms with Gasteiger partial charge >= 0.3 is 56.6 Å². The monoisotopic (exact) mass is 1390 g/mol. The molecule has 8 heterocycles. The number of nitro groups is 4. The number of morpholine rings is 3. The fourth-order valence-electron chi connectivity index (χ4n) is 5.08. The van der Waals surface area contributed by atoms with Crippen LogP contribution < -0.4 is 102 Å². The maximum absolute atomic E-state index is 10.6. The van der Waals surface area contributed by atoms with Gasteiger partial charge in [-0.15, -0.1) is 22.7 Å². The van der Waals surface area contributed by atoms with Gasteiger partial charge in [0.1, 0.15) is 34.2 Å². The number of anilines is 3. The Labute approximate surface area is 550 Å². The van der Waals surface area contributed by atoms with Crippen LogP contribution in [-0.2, 0) is 18.8 Å². The van der Waals surface area contributed by atoms with Gasteiger partial charge in [-0.05, 0) is 39.8 Å². The number of nitrogens with one attached hydrogen (secondary N) is 3. The molecule has 3 saturated heterocycles. The van der Waals surface area contributed by atoms with E-state index in [4.69, 9.17) is 96.6 Å². The Bertz CT molecular complexity index is 2850. The number of nitrogens with two attached hydrogens (primary N) is 1. The fraction of sp³-hybridized carbons (Fsp3) is 0.342. The number of nitrogens with zero attached hydrogens (tertiary/aromatic N) is 9. The number of hydrogen-bond donors (Lipinski definition) is 4. The first-order valence-electron chi connectivity index (χ1n) is 20.6. The average molecular weight is 1400 g/mol. The van der Waals surface area contributed by atoms with Crippen LogP contribution >= 0.6 is 109 Å². The normalized spacial score (nSPS) is 13.1. The Morgan fingerprint density at radius 3 is 1.30 bits per heavy atom. The zero-order chi connectivity index (χ0) is 59.2. The third-order valence-corrected chi connectivity index (χ3v) is 9.88. The standard InChI is InChI=1S/C9H10ClN3O3.C9H12ClN3O.C5H2Cl2N2O2.C5H3ClN2O3.C5H4N2O3.C4H9NO.CH4.Cl3OP.ClHO4.ClH.K.H2/c10-8-5-7(13(14)15)6-11-9(8)12-1-3-16-4-2-12;10-8-5-7(11)6-12-9(8)13-1-3-14-4-2-13;6-4-1-3(9(10)11)2-8-5(4)7;6-4-1-3(8(10)11)2-7-5(4)9;8-5-2-1-4(3-6-5)7(9)10;1-3-6-4-2-5-1;;1-5(2,3)4;2-1(3,4)5;;;/h5-6H,1-4H2;5-6H,1-4,11H2;1-2H;1-2H,(H,7,9);1-3H,(H,6,8);5H,1-4H2;1H4;;(H,2,3,4,5);1H;;1H/q;;;;;;;;;;+1;/p-1. The van der Waals surface area contributed by atoms with Gasteiger partial charge in [-0.25, -0.2) is 33.6 Å². The van der Waals surface area contributed by atoms with Crippen molar-refractivity contribution < 1.29 is 120 Å². The zero-order valence-corrected chi connectivity index (χ0v) is 52.2. The van der Waals surface area contributed by atoms with Crippen LogP contribution in [0, 0.1) is 50.7 Å². The van der Waals surface area contributed by atoms with E-state index in [2.05, 4.69) is 68.9 Å². The summed E-state index contributed by atoms with van der Waals surface area (Å²) < 4.78 is 58.9. The van der Waals surface area contributed by atoms with E-state index in [1.807, 2.05) is 4.90 Å². The molecular formula is C38H47Cl10KN13O18P. The number of ether oxygens (including phenoxy) is 3. The summed E-state index contributed by atoms with van der Waals surface area (Å²) in [4.78, 5) is 79.5. The molecule has 8 rings (SSSR count). The van der Waals surface area contributed by atoms with Crippen molar-refractivity contribution >= 4 is 149 Å². The van der Waals surface area contributed by atoms with Gasteiger partial charge in [0.25, 0.3) is 28.3 Å². The molecule has 5 N–H and O–H groups in total. The molecule has 3 aliphatic heterocycles. The van der Waals surface area contributed by atoms with Crippen molar-refractivity contribution in [2.75, 3.05) is 94.4 Å². The topological polar surface area (TPSA) is 458 Å². The molecule has 31 nitrogen and oxygen atoms in total. The maximum Gasteiger partial charge on any atom is 1.00 e. The number of nitrogen functional groups attached to an aromatic ring is 1. The Kier molecular flexibility index (Phi) is 44.0. The number of rotatable bonds is 6. The van der Waals surface area contributed by atoms with Crippen LogP contribution in [0.4, 0.5) is 40.1 Å². The fourth-order valence-corrected chi connectivity index (χ4v) is 6.08. The Morgan fingerprint density at radius 2 is 0.963 bits per heavy atom. The molecule has 0 spiro atoms. The van der Waals surface area contributed by atoms with Gasteiger partial charge in [0, 0.05) is 71.0 Å². The van der Waals surface area contributed by atoms with Crippen molar-refractivity contribution in [2.45, 2.75) is 7.43 Å². The Balaban J connectivity index is -0.000000433. The van der Waals surface area contributed by atoms with Crippen LogP contribution in [0.3, 0.4) is 0 Å². The van der Waals surface area contributed by atoms with Crippen molar-refractivity contribution in [2.24, 2.45) is 0 Å². The summed E-state index contributed by atoms with van der Waals surface area (Å²) in [7, 11) is -4.94. The van der Waals surface area contributed by atoms with Crippen molar-refractivity contribution in [1.29, 1.82) is 0 Å². The predicted molar refractivity (Wildman–Crippen MR) is 294 cm³/mol. The molecule has 81 heavy (non-hydrogen) atoms. The van der Waals surface area contributed by atoms with E-state index in [1.165, 1.54) is 12.3 Å². The second kappa shape index (κ2) is 43.4. The molecule has 5 aromatic rings. The van der Waals surface area contributed by atoms with E-state index in [1.54, 1.807) is 12.3 Å². The van der Waals surface area contributed by atoms with Crippen LogP contribution in [0.2, 0.25) is 25.2 Å². The molecular weight excluding hydrogens is 1350 g/mol. The maximum atomic E-state index is 10.6. The van der Waals surface area contributed by atoms with Gasteiger partial charge in [0.2, 0.25) is 5.56 Å². The minimum absolute atomic E-state index is 0. The van der Waals surface area contributed by atoms with Crippen molar-refractivity contribution in [3.8, 4) is 0 Å². The average Bonchev–Trinajstić information content (AvgIpc) is 3.37. The molecule has 3 aliphatic rings. The number of pyridine rings is 5. The molecule has 0 bridgehead atoms. The first-order chi connectivity index (χ1) is 36.4. The summed E-state index contributed by atoms with van der Waals surface area (Å²) in [6.07, 6.45) is 5.94. The van der Waals surface area contributed by atoms with Crippen LogP contribution in [0.15, 0.2) is 77.0 Å². The van der Waals surface area contributed by atoms with E-state index in [9.17, 15) is 54.6 Å². The van der Waals surface area contributed by atoms with E-state index in [0.717, 1.165) is 101 Å². The summed E-state index contributed by atoms with van der Waals surface area (Å²) in [5.41, 5.74) is 4.68. The quantitative estimate of drug-likeness (QED) is 0.0622. The summed E-state index contributed by atoms with van der Waals surface area (Å²) in [6.45, 7) is 9.58. The minimum atomic E-state index is -4.94. The number of hydrogen-bond acceptors (Lipinski definition) is 25. The second-order valence-electron chi connectivity index (χ2n) is 13.9. The van der Waals surface area contributed by atoms with Gasteiger partial charge < -0.3 is 45.0 Å². The number of aromatic nitrogens is 5. The predicted octanol–water partition coefficient (Wildman–Crippen LogP) is 2.12. The molecule has 5 aromatic heterocycles. The Hall–Kier alpha value is -3.20. The van der Waals surface area contributed by atoms with Crippen molar-refractivity contribution in [1.82, 2.24) is 30.2 Å². The van der Waals surface area contributed by atoms with Crippen LogP contribution in [0.25, 0.3) is 0 Å². The largest absolute Gasteiger partial charge is 1.00 e. The molecule has 43 heteroatoms. The van der Waals surface area contributed by atoms with E-state index in [0.29, 0.717) is 47.9 Å². The number of halogens is 10.